The van der Waals surface area contributed by atoms with Gasteiger partial charge in [-0.25, -0.2) is 14.3 Å². The van der Waals surface area contributed by atoms with Gasteiger partial charge in [-0.3, -0.25) is 9.78 Å². The van der Waals surface area contributed by atoms with Crippen LogP contribution in [-0.4, -0.2) is 19.6 Å². The molecule has 0 saturated carbocycles. The zero-order chi connectivity index (χ0) is 14.3. The van der Waals surface area contributed by atoms with Gasteiger partial charge < -0.3 is 5.11 Å². The SMILES string of the molecule is CCc1c(O)n(-c2ccc3ncsc3c2)c(=O)[nH]c1=O. The van der Waals surface area contributed by atoms with Gasteiger partial charge in [0, 0.05) is 0 Å². The number of benzene rings is 1. The van der Waals surface area contributed by atoms with Gasteiger partial charge in [0.2, 0.25) is 5.88 Å². The number of H-pyrrole nitrogens is 1. The molecule has 1 aromatic carbocycles. The summed E-state index contributed by atoms with van der Waals surface area (Å²) in [4.78, 5) is 29.9. The fourth-order valence-electron chi connectivity index (χ4n) is 2.10. The molecule has 2 N–H and O–H groups in total. The second-order valence-electron chi connectivity index (χ2n) is 4.25. The number of aromatic nitrogens is 3. The molecule has 0 aliphatic carbocycles. The summed E-state index contributed by atoms with van der Waals surface area (Å²) in [5.74, 6) is -0.315. The highest BCUT2D eigenvalue weighted by atomic mass is 32.1. The maximum atomic E-state index is 11.9. The van der Waals surface area contributed by atoms with E-state index in [4.69, 9.17) is 0 Å². The van der Waals surface area contributed by atoms with Crippen LogP contribution in [-0.2, 0) is 6.42 Å². The van der Waals surface area contributed by atoms with Crippen molar-refractivity contribution >= 4 is 21.6 Å². The summed E-state index contributed by atoms with van der Waals surface area (Å²) < 4.78 is 2.00. The molecule has 0 aliphatic rings. The molecule has 2 heterocycles. The molecule has 0 fully saturated rings. The number of aromatic amines is 1. The third-order valence-corrected chi connectivity index (χ3v) is 3.90. The Labute approximate surface area is 117 Å². The van der Waals surface area contributed by atoms with Crippen LogP contribution in [0, 0.1) is 0 Å². The number of rotatable bonds is 2. The Balaban J connectivity index is 2.33. The molecule has 6 nitrogen and oxygen atoms in total. The number of hydrogen-bond donors (Lipinski definition) is 2. The third kappa shape index (κ3) is 1.83. The van der Waals surface area contributed by atoms with Crippen molar-refractivity contribution < 1.29 is 5.11 Å². The van der Waals surface area contributed by atoms with Crippen molar-refractivity contribution in [3.63, 3.8) is 0 Å². The van der Waals surface area contributed by atoms with Crippen LogP contribution in [0.1, 0.15) is 12.5 Å². The topological polar surface area (TPSA) is 88.0 Å². The molecule has 2 aromatic heterocycles. The van der Waals surface area contributed by atoms with Crippen molar-refractivity contribution in [1.29, 1.82) is 0 Å². The summed E-state index contributed by atoms with van der Waals surface area (Å²) in [5.41, 5.74) is 2.01. The molecule has 0 aliphatic heterocycles. The highest BCUT2D eigenvalue weighted by Gasteiger charge is 2.14. The van der Waals surface area contributed by atoms with E-state index in [1.807, 2.05) is 0 Å². The van der Waals surface area contributed by atoms with E-state index < -0.39 is 11.2 Å². The van der Waals surface area contributed by atoms with Gasteiger partial charge in [-0.2, -0.15) is 0 Å². The molecule has 0 unspecified atom stereocenters. The molecule has 0 radical (unpaired) electrons. The average Bonchev–Trinajstić information content (AvgIpc) is 2.86. The number of fused-ring (bicyclic) bond motifs is 1. The van der Waals surface area contributed by atoms with Crippen LogP contribution in [0.15, 0.2) is 33.3 Å². The monoisotopic (exact) mass is 289 g/mol. The fraction of sp³-hybridized carbons (Fsp3) is 0.154. The lowest BCUT2D eigenvalue weighted by Crippen LogP contribution is -2.31. The minimum Gasteiger partial charge on any atom is -0.494 e. The first kappa shape index (κ1) is 12.6. The Morgan fingerprint density at radius 3 is 2.95 bits per heavy atom. The van der Waals surface area contributed by atoms with Gasteiger partial charge in [-0.05, 0) is 24.6 Å². The molecule has 3 aromatic rings. The van der Waals surface area contributed by atoms with Crippen molar-refractivity contribution in [2.24, 2.45) is 0 Å². The molecule has 102 valence electrons. The molecule has 0 atom stereocenters. The summed E-state index contributed by atoms with van der Waals surface area (Å²) in [5, 5.41) is 10.2. The maximum absolute atomic E-state index is 11.9. The van der Waals surface area contributed by atoms with Crippen LogP contribution < -0.4 is 11.2 Å². The van der Waals surface area contributed by atoms with E-state index in [0.717, 1.165) is 14.8 Å². The Morgan fingerprint density at radius 1 is 1.40 bits per heavy atom. The number of nitrogens with zero attached hydrogens (tertiary/aromatic N) is 2. The minimum atomic E-state index is -0.659. The van der Waals surface area contributed by atoms with Gasteiger partial charge in [0.15, 0.2) is 0 Å². The highest BCUT2D eigenvalue weighted by molar-refractivity contribution is 7.16. The third-order valence-electron chi connectivity index (χ3n) is 3.11. The van der Waals surface area contributed by atoms with E-state index in [1.54, 1.807) is 30.6 Å². The first-order chi connectivity index (χ1) is 9.61. The first-order valence-corrected chi connectivity index (χ1v) is 6.90. The van der Waals surface area contributed by atoms with Crippen molar-refractivity contribution in [3.05, 3.63) is 50.1 Å². The van der Waals surface area contributed by atoms with Crippen LogP contribution in [0.4, 0.5) is 0 Å². The fourth-order valence-corrected chi connectivity index (χ4v) is 2.81. The van der Waals surface area contributed by atoms with Crippen molar-refractivity contribution in [2.45, 2.75) is 13.3 Å². The predicted octanol–water partition coefficient (Wildman–Crippen LogP) is 1.40. The molecule has 0 saturated heterocycles. The first-order valence-electron chi connectivity index (χ1n) is 6.02. The van der Waals surface area contributed by atoms with Gasteiger partial charge in [-0.1, -0.05) is 6.92 Å². The second kappa shape index (κ2) is 4.61. The number of nitrogens with one attached hydrogen (secondary N) is 1. The van der Waals surface area contributed by atoms with E-state index in [9.17, 15) is 14.7 Å². The summed E-state index contributed by atoms with van der Waals surface area (Å²) in [6, 6.07) is 5.20. The molecule has 3 rings (SSSR count). The van der Waals surface area contributed by atoms with Crippen LogP contribution in [0.5, 0.6) is 5.88 Å². The van der Waals surface area contributed by atoms with E-state index in [-0.39, 0.29) is 11.4 Å². The lowest BCUT2D eigenvalue weighted by Gasteiger charge is -2.10. The molecule has 7 heteroatoms. The van der Waals surface area contributed by atoms with Crippen LogP contribution in [0.3, 0.4) is 0 Å². The largest absolute Gasteiger partial charge is 0.494 e. The number of hydrogen-bond acceptors (Lipinski definition) is 5. The molecule has 20 heavy (non-hydrogen) atoms. The maximum Gasteiger partial charge on any atom is 0.335 e. The van der Waals surface area contributed by atoms with Gasteiger partial charge in [0.05, 0.1) is 27.0 Å². The molecule has 0 spiro atoms. The van der Waals surface area contributed by atoms with Crippen molar-refractivity contribution in [1.82, 2.24) is 14.5 Å². The summed E-state index contributed by atoms with van der Waals surface area (Å²) in [6.07, 6.45) is 0.338. The Bertz CT molecular complexity index is 907. The van der Waals surface area contributed by atoms with E-state index in [2.05, 4.69) is 9.97 Å². The van der Waals surface area contributed by atoms with Gasteiger partial charge in [0.25, 0.3) is 5.56 Å². The zero-order valence-corrected chi connectivity index (χ0v) is 11.4. The Kier molecular flexibility index (Phi) is 2.90. The predicted molar refractivity (Wildman–Crippen MR) is 76.9 cm³/mol. The average molecular weight is 289 g/mol. The highest BCUT2D eigenvalue weighted by Crippen LogP contribution is 2.23. The van der Waals surface area contributed by atoms with Crippen LogP contribution in [0.25, 0.3) is 15.9 Å². The standard InChI is InChI=1S/C13H11N3O3S/c1-2-8-11(17)15-13(19)16(12(8)18)7-3-4-9-10(5-7)20-6-14-9/h3-6,18H,2H2,1H3,(H,15,17,19). The Hall–Kier alpha value is -2.41. The van der Waals surface area contributed by atoms with E-state index in [1.165, 1.54) is 11.3 Å². The summed E-state index contributed by atoms with van der Waals surface area (Å²) >= 11 is 1.44. The molecular weight excluding hydrogens is 278 g/mol. The van der Waals surface area contributed by atoms with Gasteiger partial charge >= 0.3 is 5.69 Å². The van der Waals surface area contributed by atoms with Crippen LogP contribution >= 0.6 is 11.3 Å². The number of thiazole rings is 1. The molecule has 0 bridgehead atoms. The zero-order valence-electron chi connectivity index (χ0n) is 10.6. The Morgan fingerprint density at radius 2 is 2.20 bits per heavy atom. The van der Waals surface area contributed by atoms with Crippen molar-refractivity contribution in [3.8, 4) is 11.6 Å². The number of aromatic hydroxyl groups is 1. The lowest BCUT2D eigenvalue weighted by molar-refractivity contribution is 0.423. The lowest BCUT2D eigenvalue weighted by atomic mass is 10.2. The summed E-state index contributed by atoms with van der Waals surface area (Å²) in [7, 11) is 0. The van der Waals surface area contributed by atoms with E-state index in [0.29, 0.717) is 12.1 Å². The van der Waals surface area contributed by atoms with E-state index >= 15 is 0 Å². The van der Waals surface area contributed by atoms with Crippen molar-refractivity contribution in [2.75, 3.05) is 0 Å². The smallest absolute Gasteiger partial charge is 0.335 e. The normalized spacial score (nSPS) is 11.1. The molecule has 0 amide bonds. The summed E-state index contributed by atoms with van der Waals surface area (Å²) in [6.45, 7) is 1.74. The van der Waals surface area contributed by atoms with Gasteiger partial charge in [0.1, 0.15) is 0 Å². The quantitative estimate of drug-likeness (QED) is 0.746. The second-order valence-corrected chi connectivity index (χ2v) is 5.14. The van der Waals surface area contributed by atoms with Crippen LogP contribution in [0.2, 0.25) is 0 Å². The van der Waals surface area contributed by atoms with Gasteiger partial charge in [-0.15, -0.1) is 11.3 Å². The molecular formula is C13H11N3O3S. The minimum absolute atomic E-state index is 0.189.